The first-order valence-corrected chi connectivity index (χ1v) is 4.76. The lowest BCUT2D eigenvalue weighted by atomic mass is 10.1. The average Bonchev–Trinajstić information content (AvgIpc) is 2.07. The molecule has 0 amide bonds. The van der Waals surface area contributed by atoms with E-state index in [-0.39, 0.29) is 6.10 Å². The molecule has 0 aliphatic heterocycles. The molecule has 2 nitrogen and oxygen atoms in total. The molecule has 0 aliphatic rings. The van der Waals surface area contributed by atoms with Crippen molar-refractivity contribution in [3.8, 4) is 0 Å². The summed E-state index contributed by atoms with van der Waals surface area (Å²) in [4.78, 5) is 4.04. The minimum Gasteiger partial charge on any atom is -0.393 e. The summed E-state index contributed by atoms with van der Waals surface area (Å²) in [6, 6.07) is 2.01. The zero-order valence-electron chi connectivity index (χ0n) is 7.92. The van der Waals surface area contributed by atoms with Crippen molar-refractivity contribution in [3.63, 3.8) is 0 Å². The molecule has 3 heteroatoms. The van der Waals surface area contributed by atoms with Gasteiger partial charge in [-0.3, -0.25) is 0 Å². The highest BCUT2D eigenvalue weighted by atomic mass is 35.5. The summed E-state index contributed by atoms with van der Waals surface area (Å²) in [6.07, 6.45) is 3.12. The zero-order valence-corrected chi connectivity index (χ0v) is 8.67. The molecule has 0 saturated carbocycles. The Morgan fingerprint density at radius 3 is 2.85 bits per heavy atom. The molecule has 1 aromatic rings. The topological polar surface area (TPSA) is 33.1 Å². The summed E-state index contributed by atoms with van der Waals surface area (Å²) in [5, 5.41) is 9.65. The first kappa shape index (κ1) is 10.5. The Morgan fingerprint density at radius 1 is 1.62 bits per heavy atom. The largest absolute Gasteiger partial charge is 0.393 e. The van der Waals surface area contributed by atoms with Crippen LogP contribution in [0.25, 0.3) is 0 Å². The summed E-state index contributed by atoms with van der Waals surface area (Å²) < 4.78 is 0. The Hall–Kier alpha value is -0.600. The maximum Gasteiger partial charge on any atom is 0.131 e. The fraction of sp³-hybridized carbons (Fsp3) is 0.500. The molecule has 1 aromatic heterocycles. The average molecular weight is 200 g/mol. The molecule has 1 heterocycles. The lowest BCUT2D eigenvalue weighted by Crippen LogP contribution is -2.01. The lowest BCUT2D eigenvalue weighted by molar-refractivity contribution is 0.185. The number of rotatable bonds is 3. The number of aryl methyl sites for hydroxylation is 2. The van der Waals surface area contributed by atoms with Crippen molar-refractivity contribution >= 4 is 11.6 Å². The number of hydrogen-bond acceptors (Lipinski definition) is 2. The van der Waals surface area contributed by atoms with Gasteiger partial charge < -0.3 is 5.11 Å². The SMILES string of the molecule is Cc1cc(CCC(C)O)cnc1Cl. The fourth-order valence-electron chi connectivity index (χ4n) is 1.13. The van der Waals surface area contributed by atoms with E-state index in [4.69, 9.17) is 16.7 Å². The molecule has 0 aliphatic carbocycles. The monoisotopic (exact) mass is 199 g/mol. The third-order valence-corrected chi connectivity index (χ3v) is 2.32. The van der Waals surface area contributed by atoms with Crippen LogP contribution >= 0.6 is 11.6 Å². The van der Waals surface area contributed by atoms with E-state index < -0.39 is 0 Å². The van der Waals surface area contributed by atoms with Gasteiger partial charge in [-0.25, -0.2) is 4.98 Å². The van der Waals surface area contributed by atoms with Crippen molar-refractivity contribution in [2.45, 2.75) is 32.8 Å². The van der Waals surface area contributed by atoms with Crippen LogP contribution in [0.5, 0.6) is 0 Å². The molecule has 0 bridgehead atoms. The number of pyridine rings is 1. The van der Waals surface area contributed by atoms with Gasteiger partial charge in [0.2, 0.25) is 0 Å². The van der Waals surface area contributed by atoms with E-state index in [1.807, 2.05) is 13.0 Å². The summed E-state index contributed by atoms with van der Waals surface area (Å²) in [5.74, 6) is 0. The molecule has 0 saturated heterocycles. The van der Waals surface area contributed by atoms with Crippen molar-refractivity contribution in [3.05, 3.63) is 28.5 Å². The summed E-state index contributed by atoms with van der Waals surface area (Å²) in [7, 11) is 0. The molecule has 1 unspecified atom stereocenters. The van der Waals surface area contributed by atoms with E-state index in [0.29, 0.717) is 5.15 Å². The van der Waals surface area contributed by atoms with Crippen LogP contribution in [0.4, 0.5) is 0 Å². The van der Waals surface area contributed by atoms with Gasteiger partial charge in [-0.1, -0.05) is 17.7 Å². The van der Waals surface area contributed by atoms with E-state index in [1.54, 1.807) is 13.1 Å². The molecule has 72 valence electrons. The number of hydrogen-bond donors (Lipinski definition) is 1. The lowest BCUT2D eigenvalue weighted by Gasteiger charge is -2.05. The summed E-state index contributed by atoms with van der Waals surface area (Å²) in [6.45, 7) is 3.72. The van der Waals surface area contributed by atoms with Gasteiger partial charge in [0.1, 0.15) is 5.15 Å². The Morgan fingerprint density at radius 2 is 2.31 bits per heavy atom. The number of halogens is 1. The van der Waals surface area contributed by atoms with Gasteiger partial charge in [0, 0.05) is 6.20 Å². The molecule has 13 heavy (non-hydrogen) atoms. The van der Waals surface area contributed by atoms with Gasteiger partial charge in [-0.05, 0) is 37.8 Å². The second-order valence-electron chi connectivity index (χ2n) is 3.34. The molecule has 0 spiro atoms. The van der Waals surface area contributed by atoms with Crippen molar-refractivity contribution in [1.29, 1.82) is 0 Å². The fourth-order valence-corrected chi connectivity index (χ4v) is 1.23. The van der Waals surface area contributed by atoms with E-state index in [2.05, 4.69) is 4.98 Å². The van der Waals surface area contributed by atoms with Crippen LogP contribution in [-0.4, -0.2) is 16.2 Å². The predicted molar refractivity (Wildman–Crippen MR) is 54.0 cm³/mol. The van der Waals surface area contributed by atoms with Crippen LogP contribution in [-0.2, 0) is 6.42 Å². The van der Waals surface area contributed by atoms with E-state index in [0.717, 1.165) is 24.0 Å². The molecular weight excluding hydrogens is 186 g/mol. The quantitative estimate of drug-likeness (QED) is 0.759. The molecule has 1 N–H and O–H groups in total. The Labute approximate surface area is 83.6 Å². The number of aromatic nitrogens is 1. The standard InChI is InChI=1S/C10H14ClNO/c1-7-5-9(4-3-8(2)13)6-12-10(7)11/h5-6,8,13H,3-4H2,1-2H3. The summed E-state index contributed by atoms with van der Waals surface area (Å²) >= 11 is 5.78. The van der Waals surface area contributed by atoms with Crippen molar-refractivity contribution in [1.82, 2.24) is 4.98 Å². The van der Waals surface area contributed by atoms with Gasteiger partial charge in [-0.15, -0.1) is 0 Å². The maximum absolute atomic E-state index is 9.09. The van der Waals surface area contributed by atoms with E-state index in [1.165, 1.54) is 0 Å². The Balaban J connectivity index is 2.63. The first-order valence-electron chi connectivity index (χ1n) is 4.38. The molecule has 1 rings (SSSR count). The number of aliphatic hydroxyl groups is 1. The highest BCUT2D eigenvalue weighted by molar-refractivity contribution is 6.30. The zero-order chi connectivity index (χ0) is 9.84. The van der Waals surface area contributed by atoms with Gasteiger partial charge in [0.25, 0.3) is 0 Å². The second kappa shape index (κ2) is 4.58. The van der Waals surface area contributed by atoms with Gasteiger partial charge in [-0.2, -0.15) is 0 Å². The van der Waals surface area contributed by atoms with Crippen molar-refractivity contribution in [2.24, 2.45) is 0 Å². The highest BCUT2D eigenvalue weighted by Gasteiger charge is 2.01. The van der Waals surface area contributed by atoms with Crippen LogP contribution in [0.15, 0.2) is 12.3 Å². The predicted octanol–water partition coefficient (Wildman–Crippen LogP) is 2.36. The number of aliphatic hydroxyl groups excluding tert-OH is 1. The van der Waals surface area contributed by atoms with E-state index >= 15 is 0 Å². The minimum absolute atomic E-state index is 0.254. The molecule has 1 atom stereocenters. The van der Waals surface area contributed by atoms with Crippen molar-refractivity contribution < 1.29 is 5.11 Å². The molecule has 0 fully saturated rings. The third kappa shape index (κ3) is 3.33. The second-order valence-corrected chi connectivity index (χ2v) is 3.70. The maximum atomic E-state index is 9.09. The number of nitrogens with zero attached hydrogens (tertiary/aromatic N) is 1. The van der Waals surface area contributed by atoms with Crippen molar-refractivity contribution in [2.75, 3.05) is 0 Å². The molecule has 0 radical (unpaired) electrons. The van der Waals surface area contributed by atoms with E-state index in [9.17, 15) is 0 Å². The van der Waals surface area contributed by atoms with Crippen LogP contribution in [0, 0.1) is 6.92 Å². The summed E-state index contributed by atoms with van der Waals surface area (Å²) in [5.41, 5.74) is 2.12. The molecular formula is C10H14ClNO. The normalized spacial score (nSPS) is 12.9. The third-order valence-electron chi connectivity index (χ3n) is 1.92. The van der Waals surface area contributed by atoms with Gasteiger partial charge in [0.15, 0.2) is 0 Å². The Bertz CT molecular complexity index is 286. The van der Waals surface area contributed by atoms with Crippen LogP contribution in [0.3, 0.4) is 0 Å². The van der Waals surface area contributed by atoms with Crippen LogP contribution in [0.2, 0.25) is 5.15 Å². The minimum atomic E-state index is -0.254. The Kier molecular flexibility index (Phi) is 3.70. The van der Waals surface area contributed by atoms with Crippen LogP contribution in [0.1, 0.15) is 24.5 Å². The molecule has 0 aromatic carbocycles. The highest BCUT2D eigenvalue weighted by Crippen LogP contribution is 2.14. The van der Waals surface area contributed by atoms with Crippen LogP contribution < -0.4 is 0 Å². The van der Waals surface area contributed by atoms with Gasteiger partial charge >= 0.3 is 0 Å². The smallest absolute Gasteiger partial charge is 0.131 e. The first-order chi connectivity index (χ1) is 6.09. The van der Waals surface area contributed by atoms with Gasteiger partial charge in [0.05, 0.1) is 6.10 Å².